The minimum Gasteiger partial charge on any atom is -0.489 e. The normalized spacial score (nSPS) is 18.7. The average molecular weight is 506 g/mol. The first-order chi connectivity index (χ1) is 17.7. The van der Waals surface area contributed by atoms with Crippen molar-refractivity contribution in [3.05, 3.63) is 64.7 Å². The minimum atomic E-state index is -1.12. The third kappa shape index (κ3) is 5.87. The second kappa shape index (κ2) is 11.1. The van der Waals surface area contributed by atoms with E-state index in [1.54, 1.807) is 31.0 Å². The Bertz CT molecular complexity index is 1130. The van der Waals surface area contributed by atoms with Gasteiger partial charge in [0.2, 0.25) is 5.91 Å². The standard InChI is InChI=1S/C30H39N3O4/c1-29(2)14-16-32(17-15-29)19-22-9-11-23(12-10-22)21-37-26-8-5-7-24-25(26)20-33(27(24)35)30(3,13-6-18-34)28(36)31-4/h5,7-12,18H,6,13-17,19-21H2,1-4H3,(H,31,36). The van der Waals surface area contributed by atoms with E-state index >= 15 is 0 Å². The molecule has 2 aromatic carbocycles. The summed E-state index contributed by atoms with van der Waals surface area (Å²) >= 11 is 0. The van der Waals surface area contributed by atoms with E-state index in [0.717, 1.165) is 37.0 Å². The number of nitrogens with zero attached hydrogens (tertiary/aromatic N) is 2. The Morgan fingerprint density at radius 1 is 1.11 bits per heavy atom. The van der Waals surface area contributed by atoms with Crippen LogP contribution in [0.5, 0.6) is 5.75 Å². The third-order valence-electron chi connectivity index (χ3n) is 8.02. The molecule has 0 radical (unpaired) electrons. The Morgan fingerprint density at radius 3 is 2.43 bits per heavy atom. The second-order valence-corrected chi connectivity index (χ2v) is 11.3. The van der Waals surface area contributed by atoms with Gasteiger partial charge in [-0.1, -0.05) is 44.2 Å². The summed E-state index contributed by atoms with van der Waals surface area (Å²) in [5.41, 5.74) is 3.01. The van der Waals surface area contributed by atoms with Crippen LogP contribution in [0, 0.1) is 5.41 Å². The van der Waals surface area contributed by atoms with Crippen molar-refractivity contribution in [3.63, 3.8) is 0 Å². The molecule has 0 bridgehead atoms. The molecular formula is C30H39N3O4. The summed E-state index contributed by atoms with van der Waals surface area (Å²) in [7, 11) is 1.54. The van der Waals surface area contributed by atoms with E-state index in [2.05, 4.69) is 48.3 Å². The van der Waals surface area contributed by atoms with Gasteiger partial charge in [-0.3, -0.25) is 14.5 Å². The molecular weight excluding hydrogens is 466 g/mol. The summed E-state index contributed by atoms with van der Waals surface area (Å²) in [4.78, 5) is 41.2. The monoisotopic (exact) mass is 505 g/mol. The summed E-state index contributed by atoms with van der Waals surface area (Å²) in [5.74, 6) is 0.136. The molecule has 7 nitrogen and oxygen atoms in total. The SMILES string of the molecule is CNC(=O)C(C)(CCC=O)N1Cc2c(OCc3ccc(CN4CCC(C)(C)CC4)cc3)cccc2C1=O. The zero-order valence-electron chi connectivity index (χ0n) is 22.5. The van der Waals surface area contributed by atoms with Crippen molar-refractivity contribution < 1.29 is 19.1 Å². The molecule has 1 unspecified atom stereocenters. The molecule has 2 aliphatic rings. The summed E-state index contributed by atoms with van der Waals surface area (Å²) in [6, 6.07) is 14.0. The Labute approximate surface area is 220 Å². The predicted octanol–water partition coefficient (Wildman–Crippen LogP) is 4.33. The summed E-state index contributed by atoms with van der Waals surface area (Å²) < 4.78 is 6.18. The molecule has 0 aliphatic carbocycles. The lowest BCUT2D eigenvalue weighted by Gasteiger charge is -2.36. The highest BCUT2D eigenvalue weighted by Crippen LogP contribution is 2.37. The summed E-state index contributed by atoms with van der Waals surface area (Å²) in [5, 5.41) is 2.65. The van der Waals surface area contributed by atoms with Crippen molar-refractivity contribution in [1.29, 1.82) is 0 Å². The van der Waals surface area contributed by atoms with Crippen LogP contribution in [0.4, 0.5) is 0 Å². The maximum Gasteiger partial charge on any atom is 0.255 e. The Balaban J connectivity index is 1.41. The van der Waals surface area contributed by atoms with Crippen LogP contribution in [0.2, 0.25) is 0 Å². The molecule has 4 rings (SSSR count). The molecule has 2 aromatic rings. The molecule has 0 spiro atoms. The van der Waals surface area contributed by atoms with Crippen LogP contribution in [-0.2, 0) is 29.3 Å². The van der Waals surface area contributed by atoms with Crippen molar-refractivity contribution in [1.82, 2.24) is 15.1 Å². The number of hydrogen-bond donors (Lipinski definition) is 1. The molecule has 0 aromatic heterocycles. The smallest absolute Gasteiger partial charge is 0.255 e. The van der Waals surface area contributed by atoms with Gasteiger partial charge in [-0.25, -0.2) is 0 Å². The van der Waals surface area contributed by atoms with Gasteiger partial charge < -0.3 is 19.7 Å². The number of hydrogen-bond acceptors (Lipinski definition) is 5. The van der Waals surface area contributed by atoms with Gasteiger partial charge in [0.05, 0.1) is 6.54 Å². The number of rotatable bonds is 10. The van der Waals surface area contributed by atoms with Gasteiger partial charge in [0.1, 0.15) is 24.2 Å². The van der Waals surface area contributed by atoms with E-state index < -0.39 is 5.54 Å². The lowest BCUT2D eigenvalue weighted by molar-refractivity contribution is -0.131. The number of fused-ring (bicyclic) bond motifs is 1. The van der Waals surface area contributed by atoms with E-state index in [1.807, 2.05) is 6.07 Å². The number of aldehydes is 1. The largest absolute Gasteiger partial charge is 0.489 e. The van der Waals surface area contributed by atoms with E-state index in [9.17, 15) is 14.4 Å². The number of ether oxygens (including phenoxy) is 1. The van der Waals surface area contributed by atoms with E-state index in [-0.39, 0.29) is 31.2 Å². The maximum absolute atomic E-state index is 13.3. The lowest BCUT2D eigenvalue weighted by Crippen LogP contribution is -2.56. The summed E-state index contributed by atoms with van der Waals surface area (Å²) in [6.45, 7) is 10.3. The van der Waals surface area contributed by atoms with Crippen LogP contribution in [-0.4, -0.2) is 53.6 Å². The van der Waals surface area contributed by atoms with Crippen molar-refractivity contribution in [2.24, 2.45) is 5.41 Å². The molecule has 198 valence electrons. The van der Waals surface area contributed by atoms with Gasteiger partial charge in [0.15, 0.2) is 0 Å². The molecule has 7 heteroatoms. The first-order valence-electron chi connectivity index (χ1n) is 13.2. The van der Waals surface area contributed by atoms with Crippen LogP contribution in [0.3, 0.4) is 0 Å². The molecule has 1 fully saturated rings. The minimum absolute atomic E-state index is 0.194. The van der Waals surface area contributed by atoms with E-state index in [4.69, 9.17) is 4.74 Å². The number of piperidine rings is 1. The second-order valence-electron chi connectivity index (χ2n) is 11.3. The molecule has 1 atom stereocenters. The maximum atomic E-state index is 13.3. The van der Waals surface area contributed by atoms with Crippen LogP contribution in [0.1, 0.15) is 73.5 Å². The number of likely N-dealkylation sites (N-methyl/N-ethyl adjacent to an activating group) is 1. The molecule has 37 heavy (non-hydrogen) atoms. The van der Waals surface area contributed by atoms with Crippen molar-refractivity contribution >= 4 is 18.1 Å². The van der Waals surface area contributed by atoms with Crippen molar-refractivity contribution in [3.8, 4) is 5.75 Å². The van der Waals surface area contributed by atoms with Crippen LogP contribution in [0.15, 0.2) is 42.5 Å². The highest BCUT2D eigenvalue weighted by atomic mass is 16.5. The zero-order chi connectivity index (χ0) is 26.6. The van der Waals surface area contributed by atoms with E-state index in [0.29, 0.717) is 23.3 Å². The van der Waals surface area contributed by atoms with Gasteiger partial charge in [-0.15, -0.1) is 0 Å². The van der Waals surface area contributed by atoms with Gasteiger partial charge in [0.25, 0.3) is 5.91 Å². The van der Waals surface area contributed by atoms with Gasteiger partial charge in [-0.2, -0.15) is 0 Å². The van der Waals surface area contributed by atoms with Crippen LogP contribution in [0.25, 0.3) is 0 Å². The molecule has 2 heterocycles. The first kappa shape index (κ1) is 26.9. The fraction of sp³-hybridized carbons (Fsp3) is 0.500. The fourth-order valence-electron chi connectivity index (χ4n) is 5.30. The molecule has 1 saturated heterocycles. The quantitative estimate of drug-likeness (QED) is 0.487. The van der Waals surface area contributed by atoms with Gasteiger partial charge in [-0.05, 0) is 68.0 Å². The molecule has 0 saturated carbocycles. The predicted molar refractivity (Wildman–Crippen MR) is 143 cm³/mol. The number of benzene rings is 2. The van der Waals surface area contributed by atoms with E-state index in [1.165, 1.54) is 18.4 Å². The highest BCUT2D eigenvalue weighted by Gasteiger charge is 2.45. The fourth-order valence-corrected chi connectivity index (χ4v) is 5.30. The summed E-state index contributed by atoms with van der Waals surface area (Å²) in [6.07, 6.45) is 3.70. The zero-order valence-corrected chi connectivity index (χ0v) is 22.5. The number of likely N-dealkylation sites (tertiary alicyclic amines) is 1. The molecule has 2 aliphatic heterocycles. The topological polar surface area (TPSA) is 79.0 Å². The first-order valence-corrected chi connectivity index (χ1v) is 13.2. The number of nitrogens with one attached hydrogen (secondary N) is 1. The van der Waals surface area contributed by atoms with Crippen LogP contribution >= 0.6 is 0 Å². The molecule has 1 N–H and O–H groups in total. The van der Waals surface area contributed by atoms with Gasteiger partial charge in [0, 0.05) is 31.1 Å². The number of carbonyl (C=O) groups excluding carboxylic acids is 3. The van der Waals surface area contributed by atoms with Crippen molar-refractivity contribution in [2.75, 3.05) is 20.1 Å². The van der Waals surface area contributed by atoms with Crippen LogP contribution < -0.4 is 10.1 Å². The Kier molecular flexibility index (Phi) is 8.02. The number of carbonyl (C=O) groups is 3. The number of amides is 2. The Morgan fingerprint density at radius 2 is 1.78 bits per heavy atom. The lowest BCUT2D eigenvalue weighted by atomic mass is 9.82. The average Bonchev–Trinajstić information content (AvgIpc) is 3.25. The molecule has 2 amide bonds. The highest BCUT2D eigenvalue weighted by molar-refractivity contribution is 6.03. The van der Waals surface area contributed by atoms with Crippen molar-refractivity contribution in [2.45, 2.75) is 71.7 Å². The Hall–Kier alpha value is -3.19. The van der Waals surface area contributed by atoms with Gasteiger partial charge >= 0.3 is 0 Å². The third-order valence-corrected chi connectivity index (χ3v) is 8.02.